The molecule has 130 valence electrons. The van der Waals surface area contributed by atoms with Gasteiger partial charge in [0.1, 0.15) is 5.82 Å². The van der Waals surface area contributed by atoms with Crippen LogP contribution in [0, 0.1) is 0 Å². The predicted molar refractivity (Wildman–Crippen MR) is 108 cm³/mol. The summed E-state index contributed by atoms with van der Waals surface area (Å²) in [5.74, 6) is 0.817. The summed E-state index contributed by atoms with van der Waals surface area (Å²) in [6.45, 7) is 0.881. The third kappa shape index (κ3) is 3.71. The van der Waals surface area contributed by atoms with E-state index >= 15 is 0 Å². The van der Waals surface area contributed by atoms with Gasteiger partial charge in [0.25, 0.3) is 0 Å². The van der Waals surface area contributed by atoms with E-state index in [-0.39, 0.29) is 0 Å². The summed E-state index contributed by atoms with van der Waals surface area (Å²) < 4.78 is 1.14. The highest BCUT2D eigenvalue weighted by Gasteiger charge is 2.07. The molecule has 0 unspecified atom stereocenters. The molecule has 0 saturated carbocycles. The molecule has 0 aliphatic carbocycles. The number of pyridine rings is 2. The Bertz CT molecular complexity index is 1030. The summed E-state index contributed by atoms with van der Waals surface area (Å²) in [5, 5.41) is 4.18. The number of anilines is 2. The molecule has 0 aliphatic rings. The monoisotopic (exact) mass is 361 g/mol. The summed E-state index contributed by atoms with van der Waals surface area (Å²) in [6, 6.07) is 14.4. The van der Waals surface area contributed by atoms with Gasteiger partial charge in [-0.25, -0.2) is 9.97 Å². The van der Waals surface area contributed by atoms with E-state index in [1.807, 2.05) is 36.8 Å². The highest BCUT2D eigenvalue weighted by atomic mass is 32.1. The smallest absolute Gasteiger partial charge is 0.189 e. The van der Waals surface area contributed by atoms with Gasteiger partial charge in [0.15, 0.2) is 5.13 Å². The van der Waals surface area contributed by atoms with Gasteiger partial charge in [0.05, 0.1) is 10.2 Å². The van der Waals surface area contributed by atoms with Crippen LogP contribution in [-0.2, 0) is 6.54 Å². The van der Waals surface area contributed by atoms with Gasteiger partial charge < -0.3 is 10.2 Å². The topological polar surface area (TPSA) is 53.9 Å². The van der Waals surface area contributed by atoms with Crippen molar-refractivity contribution in [1.29, 1.82) is 0 Å². The third-order valence-electron chi connectivity index (χ3n) is 3.96. The maximum atomic E-state index is 4.68. The molecule has 1 aromatic carbocycles. The standard InChI is InChI=1S/C20H19N5S/c1-25(2)13-14-5-10-22-19(11-14)24-20-23-17-4-3-16(12-18(17)26-20)15-6-8-21-9-7-15/h3-12H,13H2,1-2H3,(H,22,23,24). The zero-order valence-corrected chi connectivity index (χ0v) is 15.5. The van der Waals surface area contributed by atoms with Crippen LogP contribution in [0.3, 0.4) is 0 Å². The molecular weight excluding hydrogens is 342 g/mol. The van der Waals surface area contributed by atoms with Crippen molar-refractivity contribution >= 4 is 32.5 Å². The lowest BCUT2D eigenvalue weighted by atomic mass is 10.1. The minimum Gasteiger partial charge on any atom is -0.316 e. The average molecular weight is 361 g/mol. The first-order chi connectivity index (χ1) is 12.7. The SMILES string of the molecule is CN(C)Cc1ccnc(Nc2nc3ccc(-c4ccncc4)cc3s2)c1. The number of hydrogen-bond donors (Lipinski definition) is 1. The maximum Gasteiger partial charge on any atom is 0.189 e. The summed E-state index contributed by atoms with van der Waals surface area (Å²) in [7, 11) is 4.11. The van der Waals surface area contributed by atoms with Crippen LogP contribution in [0.4, 0.5) is 10.9 Å². The van der Waals surface area contributed by atoms with Gasteiger partial charge in [-0.15, -0.1) is 0 Å². The van der Waals surface area contributed by atoms with Gasteiger partial charge in [-0.05, 0) is 67.2 Å². The van der Waals surface area contributed by atoms with Crippen molar-refractivity contribution < 1.29 is 0 Å². The molecule has 26 heavy (non-hydrogen) atoms. The fourth-order valence-corrected chi connectivity index (χ4v) is 3.73. The van der Waals surface area contributed by atoms with Crippen molar-refractivity contribution in [1.82, 2.24) is 19.9 Å². The Kier molecular flexibility index (Phi) is 4.60. The Balaban J connectivity index is 1.60. The van der Waals surface area contributed by atoms with Crippen LogP contribution in [0.25, 0.3) is 21.3 Å². The molecule has 4 rings (SSSR count). The van der Waals surface area contributed by atoms with Crippen molar-refractivity contribution in [3.63, 3.8) is 0 Å². The zero-order chi connectivity index (χ0) is 17.9. The number of rotatable bonds is 5. The number of hydrogen-bond acceptors (Lipinski definition) is 6. The summed E-state index contributed by atoms with van der Waals surface area (Å²) in [6.07, 6.45) is 5.45. The van der Waals surface area contributed by atoms with Crippen LogP contribution in [0.5, 0.6) is 0 Å². The van der Waals surface area contributed by atoms with E-state index in [1.165, 1.54) is 11.1 Å². The molecule has 0 atom stereocenters. The molecular formula is C20H19N5S. The summed E-state index contributed by atoms with van der Waals surface area (Å²) in [5.41, 5.74) is 4.53. The second-order valence-electron chi connectivity index (χ2n) is 6.35. The maximum absolute atomic E-state index is 4.68. The van der Waals surface area contributed by atoms with Crippen LogP contribution in [0.15, 0.2) is 61.1 Å². The molecule has 1 N–H and O–H groups in total. The van der Waals surface area contributed by atoms with Crippen molar-refractivity contribution in [2.24, 2.45) is 0 Å². The van der Waals surface area contributed by atoms with E-state index in [0.29, 0.717) is 0 Å². The molecule has 0 spiro atoms. The first-order valence-electron chi connectivity index (χ1n) is 8.35. The molecule has 3 aromatic heterocycles. The number of aromatic nitrogens is 3. The molecule has 6 heteroatoms. The number of fused-ring (bicyclic) bond motifs is 1. The number of nitrogens with zero attached hydrogens (tertiary/aromatic N) is 4. The van der Waals surface area contributed by atoms with Gasteiger partial charge in [-0.2, -0.15) is 0 Å². The quantitative estimate of drug-likeness (QED) is 0.565. The second kappa shape index (κ2) is 7.19. The van der Waals surface area contributed by atoms with Crippen LogP contribution in [0.1, 0.15) is 5.56 Å². The Hall–Kier alpha value is -2.83. The van der Waals surface area contributed by atoms with Crippen LogP contribution >= 0.6 is 11.3 Å². The average Bonchev–Trinajstić information content (AvgIpc) is 3.03. The Morgan fingerprint density at radius 2 is 1.81 bits per heavy atom. The molecule has 0 aliphatic heterocycles. The number of benzene rings is 1. The van der Waals surface area contributed by atoms with E-state index < -0.39 is 0 Å². The minimum absolute atomic E-state index is 0.817. The van der Waals surface area contributed by atoms with Crippen molar-refractivity contribution in [2.45, 2.75) is 6.54 Å². The third-order valence-corrected chi connectivity index (χ3v) is 4.89. The Labute approximate surface area is 156 Å². The first-order valence-corrected chi connectivity index (χ1v) is 9.17. The first kappa shape index (κ1) is 16.6. The summed E-state index contributed by atoms with van der Waals surface area (Å²) in [4.78, 5) is 15.3. The fourth-order valence-electron chi connectivity index (χ4n) is 2.82. The predicted octanol–water partition coefficient (Wildman–Crippen LogP) is 4.56. The van der Waals surface area contributed by atoms with E-state index in [4.69, 9.17) is 0 Å². The molecule has 0 radical (unpaired) electrons. The summed E-state index contributed by atoms with van der Waals surface area (Å²) >= 11 is 1.63. The lowest BCUT2D eigenvalue weighted by Crippen LogP contribution is -2.10. The van der Waals surface area contributed by atoms with Gasteiger partial charge in [-0.1, -0.05) is 17.4 Å². The fraction of sp³-hybridized carbons (Fsp3) is 0.150. The van der Waals surface area contributed by atoms with Crippen LogP contribution < -0.4 is 5.32 Å². The van der Waals surface area contributed by atoms with Gasteiger partial charge in [0, 0.05) is 25.1 Å². The largest absolute Gasteiger partial charge is 0.316 e. The second-order valence-corrected chi connectivity index (χ2v) is 7.38. The van der Waals surface area contributed by atoms with Gasteiger partial charge >= 0.3 is 0 Å². The highest BCUT2D eigenvalue weighted by Crippen LogP contribution is 2.31. The van der Waals surface area contributed by atoms with Gasteiger partial charge in [-0.3, -0.25) is 4.98 Å². The molecule has 3 heterocycles. The van der Waals surface area contributed by atoms with Crippen molar-refractivity contribution in [2.75, 3.05) is 19.4 Å². The van der Waals surface area contributed by atoms with E-state index in [9.17, 15) is 0 Å². The molecule has 0 bridgehead atoms. The lowest BCUT2D eigenvalue weighted by Gasteiger charge is -2.10. The van der Waals surface area contributed by atoms with Gasteiger partial charge in [0.2, 0.25) is 0 Å². The van der Waals surface area contributed by atoms with E-state index in [2.05, 4.69) is 63.5 Å². The molecule has 4 aromatic rings. The Morgan fingerprint density at radius 1 is 0.962 bits per heavy atom. The van der Waals surface area contributed by atoms with Crippen LogP contribution in [0.2, 0.25) is 0 Å². The number of nitrogens with one attached hydrogen (secondary N) is 1. The molecule has 5 nitrogen and oxygen atoms in total. The van der Waals surface area contributed by atoms with Crippen LogP contribution in [-0.4, -0.2) is 33.9 Å². The lowest BCUT2D eigenvalue weighted by molar-refractivity contribution is 0.402. The highest BCUT2D eigenvalue weighted by molar-refractivity contribution is 7.22. The Morgan fingerprint density at radius 3 is 2.62 bits per heavy atom. The van der Waals surface area contributed by atoms with Crippen molar-refractivity contribution in [3.05, 3.63) is 66.6 Å². The van der Waals surface area contributed by atoms with Crippen molar-refractivity contribution in [3.8, 4) is 11.1 Å². The van der Waals surface area contributed by atoms with E-state index in [0.717, 1.165) is 33.3 Å². The number of thiazole rings is 1. The normalized spacial score (nSPS) is 11.2. The minimum atomic E-state index is 0.817. The van der Waals surface area contributed by atoms with E-state index in [1.54, 1.807) is 11.3 Å². The molecule has 0 saturated heterocycles. The molecule has 0 amide bonds. The zero-order valence-electron chi connectivity index (χ0n) is 14.7. The molecule has 0 fully saturated rings.